The first kappa shape index (κ1) is 14.6. The van der Waals surface area contributed by atoms with Gasteiger partial charge in [0.25, 0.3) is 0 Å². The summed E-state index contributed by atoms with van der Waals surface area (Å²) in [5.74, 6) is 0.294. The summed E-state index contributed by atoms with van der Waals surface area (Å²) in [6.07, 6.45) is 6.46. The molecule has 1 aliphatic rings. The third-order valence-corrected chi connectivity index (χ3v) is 3.77. The molecule has 0 unspecified atom stereocenters. The number of fused-ring (bicyclic) bond motifs is 1. The molecular formula is C16H20N4O2. The number of carbonyl (C=O) groups is 1. The van der Waals surface area contributed by atoms with Crippen molar-refractivity contribution >= 4 is 11.8 Å². The Hall–Kier alpha value is -2.37. The van der Waals surface area contributed by atoms with Crippen LogP contribution in [0.5, 0.6) is 0 Å². The van der Waals surface area contributed by atoms with E-state index in [2.05, 4.69) is 15.4 Å². The second-order valence-corrected chi connectivity index (χ2v) is 6.04. The molecule has 2 aromatic rings. The summed E-state index contributed by atoms with van der Waals surface area (Å²) in [6.45, 7) is 7.34. The maximum atomic E-state index is 12.0. The van der Waals surface area contributed by atoms with E-state index in [-0.39, 0.29) is 5.97 Å². The van der Waals surface area contributed by atoms with E-state index in [0.29, 0.717) is 11.4 Å². The van der Waals surface area contributed by atoms with Gasteiger partial charge in [-0.3, -0.25) is 4.68 Å². The predicted octanol–water partition coefficient (Wildman–Crippen LogP) is 2.49. The average molecular weight is 300 g/mol. The number of nitrogens with zero attached hydrogens (tertiary/aromatic N) is 3. The molecule has 6 nitrogen and oxygen atoms in total. The molecule has 0 bridgehead atoms. The Labute approximate surface area is 129 Å². The van der Waals surface area contributed by atoms with Crippen LogP contribution in [0, 0.1) is 6.92 Å². The molecule has 6 heteroatoms. The van der Waals surface area contributed by atoms with Crippen LogP contribution in [-0.2, 0) is 16.9 Å². The second kappa shape index (κ2) is 5.44. The Balaban J connectivity index is 1.64. The van der Waals surface area contributed by atoms with Gasteiger partial charge in [0.1, 0.15) is 17.0 Å². The molecule has 3 heterocycles. The molecule has 3 rings (SSSR count). The first-order valence-electron chi connectivity index (χ1n) is 7.43. The van der Waals surface area contributed by atoms with Crippen molar-refractivity contribution in [2.45, 2.75) is 39.3 Å². The molecule has 1 N–H and O–H groups in total. The molecule has 22 heavy (non-hydrogen) atoms. The van der Waals surface area contributed by atoms with Crippen molar-refractivity contribution in [3.8, 4) is 0 Å². The lowest BCUT2D eigenvalue weighted by Crippen LogP contribution is -2.15. The van der Waals surface area contributed by atoms with E-state index >= 15 is 0 Å². The molecule has 116 valence electrons. The molecule has 0 saturated heterocycles. The molecule has 1 aliphatic heterocycles. The minimum Gasteiger partial charge on any atom is -0.451 e. The highest BCUT2D eigenvalue weighted by Gasteiger charge is 2.39. The number of ether oxygens (including phenoxy) is 1. The van der Waals surface area contributed by atoms with Crippen molar-refractivity contribution in [1.29, 1.82) is 0 Å². The highest BCUT2D eigenvalue weighted by molar-refractivity contribution is 5.99. The number of nitrogens with one attached hydrogen (secondary N) is 1. The topological polar surface area (TPSA) is 69.0 Å². The molecule has 0 saturated carbocycles. The maximum absolute atomic E-state index is 12.0. The van der Waals surface area contributed by atoms with Crippen LogP contribution < -0.4 is 5.32 Å². The summed E-state index contributed by atoms with van der Waals surface area (Å²) in [4.78, 5) is 16.3. The van der Waals surface area contributed by atoms with Crippen LogP contribution in [0.25, 0.3) is 0 Å². The molecule has 0 aromatic carbocycles. The summed E-state index contributed by atoms with van der Waals surface area (Å²) in [5.41, 5.74) is 2.01. The number of aromatic nitrogens is 3. The van der Waals surface area contributed by atoms with Crippen LogP contribution >= 0.6 is 0 Å². The van der Waals surface area contributed by atoms with E-state index < -0.39 is 5.60 Å². The lowest BCUT2D eigenvalue weighted by atomic mass is 9.97. The number of pyridine rings is 1. The van der Waals surface area contributed by atoms with Crippen molar-refractivity contribution in [3.63, 3.8) is 0 Å². The van der Waals surface area contributed by atoms with Crippen LogP contribution in [0.2, 0.25) is 0 Å². The van der Waals surface area contributed by atoms with Gasteiger partial charge in [-0.05, 0) is 38.8 Å². The highest BCUT2D eigenvalue weighted by atomic mass is 16.6. The summed E-state index contributed by atoms with van der Waals surface area (Å²) in [5, 5.41) is 7.49. The van der Waals surface area contributed by atoms with E-state index in [9.17, 15) is 4.79 Å². The molecule has 0 atom stereocenters. The largest absolute Gasteiger partial charge is 0.451 e. The highest BCUT2D eigenvalue weighted by Crippen LogP contribution is 2.38. The predicted molar refractivity (Wildman–Crippen MR) is 82.7 cm³/mol. The van der Waals surface area contributed by atoms with Gasteiger partial charge in [-0.2, -0.15) is 5.10 Å². The normalized spacial score (nSPS) is 15.5. The number of hydrogen-bond donors (Lipinski definition) is 1. The van der Waals surface area contributed by atoms with Crippen LogP contribution in [-0.4, -0.2) is 27.3 Å². The zero-order valence-corrected chi connectivity index (χ0v) is 13.1. The average Bonchev–Trinajstić information content (AvgIpc) is 2.97. The molecular weight excluding hydrogens is 280 g/mol. The zero-order valence-electron chi connectivity index (χ0n) is 13.1. The van der Waals surface area contributed by atoms with Gasteiger partial charge in [-0.15, -0.1) is 0 Å². The van der Waals surface area contributed by atoms with E-state index in [0.717, 1.165) is 30.6 Å². The lowest BCUT2D eigenvalue weighted by molar-refractivity contribution is 0.00958. The van der Waals surface area contributed by atoms with Crippen LogP contribution in [0.1, 0.15) is 41.8 Å². The van der Waals surface area contributed by atoms with Crippen molar-refractivity contribution in [2.24, 2.45) is 0 Å². The molecule has 0 fully saturated rings. The minimum atomic E-state index is -0.585. The van der Waals surface area contributed by atoms with Crippen molar-refractivity contribution in [2.75, 3.05) is 11.9 Å². The van der Waals surface area contributed by atoms with Crippen LogP contribution in [0.15, 0.2) is 24.7 Å². The third-order valence-electron chi connectivity index (χ3n) is 3.77. The Morgan fingerprint density at radius 3 is 2.95 bits per heavy atom. The summed E-state index contributed by atoms with van der Waals surface area (Å²) < 4.78 is 7.32. The minimum absolute atomic E-state index is 0.307. The third kappa shape index (κ3) is 2.68. The maximum Gasteiger partial charge on any atom is 0.343 e. The molecule has 0 amide bonds. The van der Waals surface area contributed by atoms with E-state index in [1.54, 1.807) is 6.20 Å². The number of cyclic esters (lactones) is 1. The van der Waals surface area contributed by atoms with Gasteiger partial charge in [0, 0.05) is 31.0 Å². The lowest BCUT2D eigenvalue weighted by Gasteiger charge is -2.17. The molecule has 0 radical (unpaired) electrons. The van der Waals surface area contributed by atoms with Crippen molar-refractivity contribution in [1.82, 2.24) is 14.8 Å². The summed E-state index contributed by atoms with van der Waals surface area (Å²) in [6, 6.07) is 1.85. The van der Waals surface area contributed by atoms with Crippen molar-refractivity contribution < 1.29 is 9.53 Å². The molecule has 0 spiro atoms. The van der Waals surface area contributed by atoms with Gasteiger partial charge < -0.3 is 10.1 Å². The van der Waals surface area contributed by atoms with E-state index in [4.69, 9.17) is 4.74 Å². The fraction of sp³-hybridized carbons (Fsp3) is 0.438. The van der Waals surface area contributed by atoms with E-state index in [1.165, 1.54) is 0 Å². The van der Waals surface area contributed by atoms with Gasteiger partial charge in [0.15, 0.2) is 0 Å². The number of carbonyl (C=O) groups excluding carboxylic acids is 1. The summed E-state index contributed by atoms with van der Waals surface area (Å²) >= 11 is 0. The fourth-order valence-electron chi connectivity index (χ4n) is 2.68. The zero-order chi connectivity index (χ0) is 15.7. The Morgan fingerprint density at radius 1 is 1.41 bits per heavy atom. The van der Waals surface area contributed by atoms with E-state index in [1.807, 2.05) is 43.9 Å². The first-order chi connectivity index (χ1) is 10.5. The number of esters is 1. The van der Waals surface area contributed by atoms with Gasteiger partial charge in [0.05, 0.1) is 6.20 Å². The van der Waals surface area contributed by atoms with Crippen LogP contribution in [0.3, 0.4) is 0 Å². The number of anilines is 1. The van der Waals surface area contributed by atoms with Gasteiger partial charge in [0.2, 0.25) is 0 Å². The number of hydrogen-bond acceptors (Lipinski definition) is 5. The first-order valence-corrected chi connectivity index (χ1v) is 7.43. The van der Waals surface area contributed by atoms with Gasteiger partial charge in [-0.25, -0.2) is 9.78 Å². The number of aryl methyl sites for hydroxylation is 2. The number of rotatable bonds is 5. The monoisotopic (exact) mass is 300 g/mol. The van der Waals surface area contributed by atoms with Crippen LogP contribution in [0.4, 0.5) is 5.82 Å². The molecule has 0 aliphatic carbocycles. The summed E-state index contributed by atoms with van der Waals surface area (Å²) in [7, 11) is 0. The van der Waals surface area contributed by atoms with Gasteiger partial charge in [-0.1, -0.05) is 0 Å². The Bertz CT molecular complexity index is 706. The SMILES string of the molecule is Cc1cnn(CCCNc2nccc3c2C(=O)OC3(C)C)c1. The van der Waals surface area contributed by atoms with Gasteiger partial charge >= 0.3 is 5.97 Å². The molecule has 2 aromatic heterocycles. The fourth-order valence-corrected chi connectivity index (χ4v) is 2.68. The smallest absolute Gasteiger partial charge is 0.343 e. The second-order valence-electron chi connectivity index (χ2n) is 6.04. The van der Waals surface area contributed by atoms with Crippen molar-refractivity contribution in [3.05, 3.63) is 41.3 Å². The Kier molecular flexibility index (Phi) is 3.60. The quantitative estimate of drug-likeness (QED) is 0.678. The standard InChI is InChI=1S/C16H20N4O2/c1-11-9-19-20(10-11)8-4-6-17-14-13-12(5-7-18-14)16(2,3)22-15(13)21/h5,7,9-10H,4,6,8H2,1-3H3,(H,17,18). The Morgan fingerprint density at radius 2 is 2.23 bits per heavy atom.